The number of hydrogen-bond donors (Lipinski definition) is 0. The Bertz CT molecular complexity index is 364. The number of rotatable bonds is 2. The summed E-state index contributed by atoms with van der Waals surface area (Å²) in [5.74, 6) is -0.100. The second-order valence-corrected chi connectivity index (χ2v) is 3.16. The summed E-state index contributed by atoms with van der Waals surface area (Å²) < 4.78 is 9.43. The summed E-state index contributed by atoms with van der Waals surface area (Å²) in [6.07, 6.45) is 0. The quantitative estimate of drug-likeness (QED) is 0.672. The zero-order valence-electron chi connectivity index (χ0n) is 7.16. The van der Waals surface area contributed by atoms with Crippen molar-refractivity contribution in [2.45, 2.75) is 0 Å². The van der Waals surface area contributed by atoms with Crippen LogP contribution in [-0.4, -0.2) is 20.2 Å². The Morgan fingerprint density at radius 3 is 2.77 bits per heavy atom. The standard InChI is InChI=1S/C8H7NO3S/c1-11-6-3-5(4-9)13-7(6)8(10)12-2/h3H,1-2H3. The minimum Gasteiger partial charge on any atom is -0.495 e. The topological polar surface area (TPSA) is 59.3 Å². The molecule has 4 nitrogen and oxygen atoms in total. The number of carbonyl (C=O) groups excluding carboxylic acids is 1. The highest BCUT2D eigenvalue weighted by molar-refractivity contribution is 7.14. The molecular formula is C8H7NO3S. The molecule has 0 fully saturated rings. The van der Waals surface area contributed by atoms with E-state index in [9.17, 15) is 4.79 Å². The maximum atomic E-state index is 11.1. The fraction of sp³-hybridized carbons (Fsp3) is 0.250. The van der Waals surface area contributed by atoms with Gasteiger partial charge in [-0.2, -0.15) is 5.26 Å². The van der Waals surface area contributed by atoms with Gasteiger partial charge in [0.25, 0.3) is 0 Å². The molecule has 1 rings (SSSR count). The summed E-state index contributed by atoms with van der Waals surface area (Å²) in [6, 6.07) is 3.44. The second-order valence-electron chi connectivity index (χ2n) is 2.11. The number of thiophene rings is 1. The lowest BCUT2D eigenvalue weighted by Crippen LogP contribution is -1.99. The number of hydrogen-bond acceptors (Lipinski definition) is 5. The van der Waals surface area contributed by atoms with Crippen molar-refractivity contribution >= 4 is 17.3 Å². The number of carbonyl (C=O) groups is 1. The molecule has 0 aliphatic rings. The summed E-state index contributed by atoms with van der Waals surface area (Å²) in [4.78, 5) is 11.9. The third-order valence-corrected chi connectivity index (χ3v) is 2.40. The van der Waals surface area contributed by atoms with Crippen molar-refractivity contribution in [3.05, 3.63) is 15.8 Å². The zero-order chi connectivity index (χ0) is 9.84. The Hall–Kier alpha value is -1.54. The molecule has 0 bridgehead atoms. The first kappa shape index (κ1) is 9.55. The number of methoxy groups -OCH3 is 2. The highest BCUT2D eigenvalue weighted by Crippen LogP contribution is 2.29. The lowest BCUT2D eigenvalue weighted by Gasteiger charge is -1.98. The van der Waals surface area contributed by atoms with Crippen LogP contribution in [0.1, 0.15) is 14.5 Å². The summed E-state index contributed by atoms with van der Waals surface area (Å²) in [7, 11) is 2.73. The van der Waals surface area contributed by atoms with Gasteiger partial charge in [-0.3, -0.25) is 0 Å². The van der Waals surface area contributed by atoms with Crippen molar-refractivity contribution in [2.24, 2.45) is 0 Å². The van der Waals surface area contributed by atoms with E-state index < -0.39 is 5.97 Å². The van der Waals surface area contributed by atoms with Crippen molar-refractivity contribution < 1.29 is 14.3 Å². The predicted octanol–water partition coefficient (Wildman–Crippen LogP) is 1.41. The summed E-state index contributed by atoms with van der Waals surface area (Å²) in [6.45, 7) is 0. The summed E-state index contributed by atoms with van der Waals surface area (Å²) >= 11 is 1.06. The van der Waals surface area contributed by atoms with Gasteiger partial charge in [-0.25, -0.2) is 4.79 Å². The molecule has 0 saturated carbocycles. The van der Waals surface area contributed by atoms with Crippen molar-refractivity contribution in [3.63, 3.8) is 0 Å². The highest BCUT2D eigenvalue weighted by atomic mass is 32.1. The first-order valence-corrected chi connectivity index (χ1v) is 4.20. The Morgan fingerprint density at radius 1 is 1.62 bits per heavy atom. The van der Waals surface area contributed by atoms with E-state index >= 15 is 0 Å². The maximum Gasteiger partial charge on any atom is 0.351 e. The lowest BCUT2D eigenvalue weighted by molar-refractivity contribution is 0.0603. The van der Waals surface area contributed by atoms with Crippen molar-refractivity contribution in [3.8, 4) is 11.8 Å². The normalized spacial score (nSPS) is 9.00. The molecule has 0 saturated heterocycles. The van der Waals surface area contributed by atoms with Crippen LogP contribution in [0.5, 0.6) is 5.75 Å². The second kappa shape index (κ2) is 3.92. The van der Waals surface area contributed by atoms with Crippen LogP contribution in [0.25, 0.3) is 0 Å². The Kier molecular flexibility index (Phi) is 2.88. The van der Waals surface area contributed by atoms with E-state index in [0.717, 1.165) is 11.3 Å². The fourth-order valence-electron chi connectivity index (χ4n) is 0.816. The number of esters is 1. The molecule has 68 valence electrons. The molecule has 0 unspecified atom stereocenters. The van der Waals surface area contributed by atoms with Gasteiger partial charge in [0.15, 0.2) is 4.88 Å². The van der Waals surface area contributed by atoms with Crippen molar-refractivity contribution in [1.82, 2.24) is 0 Å². The van der Waals surface area contributed by atoms with Gasteiger partial charge in [-0.05, 0) is 0 Å². The predicted molar refractivity (Wildman–Crippen MR) is 46.9 cm³/mol. The van der Waals surface area contributed by atoms with Gasteiger partial charge >= 0.3 is 5.97 Å². The van der Waals surface area contributed by atoms with Crippen LogP contribution >= 0.6 is 11.3 Å². The van der Waals surface area contributed by atoms with Gasteiger partial charge in [0, 0.05) is 6.07 Å². The third-order valence-electron chi connectivity index (χ3n) is 1.40. The van der Waals surface area contributed by atoms with Crippen LogP contribution in [-0.2, 0) is 4.74 Å². The van der Waals surface area contributed by atoms with E-state index in [2.05, 4.69) is 4.74 Å². The van der Waals surface area contributed by atoms with E-state index in [0.29, 0.717) is 15.5 Å². The molecule has 0 aliphatic carbocycles. The van der Waals surface area contributed by atoms with Gasteiger partial charge in [-0.15, -0.1) is 11.3 Å². The number of nitriles is 1. The molecule has 5 heteroatoms. The van der Waals surface area contributed by atoms with Crippen molar-refractivity contribution in [1.29, 1.82) is 5.26 Å². The van der Waals surface area contributed by atoms with Crippen molar-refractivity contribution in [2.75, 3.05) is 14.2 Å². The van der Waals surface area contributed by atoms with E-state index in [1.165, 1.54) is 20.3 Å². The monoisotopic (exact) mass is 197 g/mol. The average Bonchev–Trinajstić information content (AvgIpc) is 2.59. The maximum absolute atomic E-state index is 11.1. The van der Waals surface area contributed by atoms with Crippen LogP contribution in [0, 0.1) is 11.3 Å². The van der Waals surface area contributed by atoms with Crippen LogP contribution < -0.4 is 4.74 Å². The molecule has 1 heterocycles. The summed E-state index contributed by atoms with van der Waals surface area (Å²) in [5, 5.41) is 8.58. The highest BCUT2D eigenvalue weighted by Gasteiger charge is 2.17. The van der Waals surface area contributed by atoms with Crippen LogP contribution in [0.15, 0.2) is 6.07 Å². The molecule has 0 N–H and O–H groups in total. The SMILES string of the molecule is COC(=O)c1sc(C#N)cc1OC. The number of nitrogens with zero attached hydrogens (tertiary/aromatic N) is 1. The van der Waals surface area contributed by atoms with E-state index in [1.807, 2.05) is 6.07 Å². The zero-order valence-corrected chi connectivity index (χ0v) is 7.97. The summed E-state index contributed by atoms with van der Waals surface area (Å²) in [5.41, 5.74) is 0. The molecule has 0 aliphatic heterocycles. The van der Waals surface area contributed by atoms with Gasteiger partial charge in [0.2, 0.25) is 0 Å². The van der Waals surface area contributed by atoms with Crippen LogP contribution in [0.3, 0.4) is 0 Å². The van der Waals surface area contributed by atoms with Crippen LogP contribution in [0.2, 0.25) is 0 Å². The van der Waals surface area contributed by atoms with Crippen LogP contribution in [0.4, 0.5) is 0 Å². The van der Waals surface area contributed by atoms with Gasteiger partial charge in [0.1, 0.15) is 16.7 Å². The first-order chi connectivity index (χ1) is 6.22. The molecule has 0 spiro atoms. The largest absolute Gasteiger partial charge is 0.495 e. The average molecular weight is 197 g/mol. The Labute approximate surface area is 79.3 Å². The molecule has 13 heavy (non-hydrogen) atoms. The molecule has 0 atom stereocenters. The molecule has 1 aromatic heterocycles. The first-order valence-electron chi connectivity index (χ1n) is 3.39. The molecular weight excluding hydrogens is 190 g/mol. The third kappa shape index (κ3) is 1.79. The Morgan fingerprint density at radius 2 is 2.31 bits per heavy atom. The van der Waals surface area contributed by atoms with E-state index in [-0.39, 0.29) is 0 Å². The minimum absolute atomic E-state index is 0.321. The lowest BCUT2D eigenvalue weighted by atomic mass is 10.4. The molecule has 0 aromatic carbocycles. The molecule has 1 aromatic rings. The van der Waals surface area contributed by atoms with E-state index in [1.54, 1.807) is 0 Å². The molecule has 0 radical (unpaired) electrons. The van der Waals surface area contributed by atoms with E-state index in [4.69, 9.17) is 10.00 Å². The minimum atomic E-state index is -0.483. The number of ether oxygens (including phenoxy) is 2. The van der Waals surface area contributed by atoms with Gasteiger partial charge in [0.05, 0.1) is 14.2 Å². The fourth-order valence-corrected chi connectivity index (χ4v) is 1.66. The van der Waals surface area contributed by atoms with Gasteiger partial charge < -0.3 is 9.47 Å². The van der Waals surface area contributed by atoms with Gasteiger partial charge in [-0.1, -0.05) is 0 Å². The Balaban J connectivity index is 3.13. The smallest absolute Gasteiger partial charge is 0.351 e. The molecule has 0 amide bonds.